The van der Waals surface area contributed by atoms with Crippen molar-refractivity contribution in [1.82, 2.24) is 0 Å². The highest BCUT2D eigenvalue weighted by molar-refractivity contribution is 6.43. The third-order valence-electron chi connectivity index (χ3n) is 2.09. The van der Waals surface area contributed by atoms with Gasteiger partial charge in [0.05, 0.1) is 12.7 Å². The third kappa shape index (κ3) is 2.15. The van der Waals surface area contributed by atoms with E-state index in [2.05, 4.69) is 0 Å². The first kappa shape index (κ1) is 11.2. The minimum atomic E-state index is -0.974. The number of amides is 1. The second kappa shape index (κ2) is 4.13. The standard InChI is InChI=1S/C11H13NO3/c1-6-4-7(2)10(15-3)8(5-6)9(13)11(12)14/h4-5H,1-3H3,(H2,12,14). The Hall–Kier alpha value is -1.84. The number of aryl methyl sites for hydroxylation is 2. The molecule has 0 heterocycles. The van der Waals surface area contributed by atoms with E-state index in [1.165, 1.54) is 7.11 Å². The first-order valence-corrected chi connectivity index (χ1v) is 4.46. The zero-order valence-corrected chi connectivity index (χ0v) is 8.96. The second-order valence-electron chi connectivity index (χ2n) is 3.36. The van der Waals surface area contributed by atoms with Gasteiger partial charge in [0.15, 0.2) is 0 Å². The molecule has 0 atom stereocenters. The van der Waals surface area contributed by atoms with Crippen molar-refractivity contribution < 1.29 is 14.3 Å². The number of benzene rings is 1. The Morgan fingerprint density at radius 3 is 2.33 bits per heavy atom. The normalized spacial score (nSPS) is 9.80. The van der Waals surface area contributed by atoms with E-state index in [9.17, 15) is 9.59 Å². The van der Waals surface area contributed by atoms with Gasteiger partial charge in [-0.1, -0.05) is 6.07 Å². The SMILES string of the molecule is COc1c(C)cc(C)cc1C(=O)C(N)=O. The van der Waals surface area contributed by atoms with E-state index < -0.39 is 11.7 Å². The zero-order valence-electron chi connectivity index (χ0n) is 8.96. The summed E-state index contributed by atoms with van der Waals surface area (Å²) in [5.74, 6) is -1.29. The van der Waals surface area contributed by atoms with Crippen molar-refractivity contribution in [3.63, 3.8) is 0 Å². The molecule has 1 amide bonds. The molecular weight excluding hydrogens is 194 g/mol. The number of ether oxygens (including phenoxy) is 1. The molecule has 0 fully saturated rings. The lowest BCUT2D eigenvalue weighted by Crippen LogP contribution is -2.23. The van der Waals surface area contributed by atoms with Crippen molar-refractivity contribution in [2.24, 2.45) is 5.73 Å². The minimum absolute atomic E-state index is 0.225. The van der Waals surface area contributed by atoms with Crippen LogP contribution in [0.3, 0.4) is 0 Å². The molecule has 0 saturated heterocycles. The summed E-state index contributed by atoms with van der Waals surface area (Å²) >= 11 is 0. The molecule has 0 saturated carbocycles. The van der Waals surface area contributed by atoms with E-state index in [4.69, 9.17) is 10.5 Å². The van der Waals surface area contributed by atoms with Crippen molar-refractivity contribution in [2.45, 2.75) is 13.8 Å². The Balaban J connectivity index is 3.38. The van der Waals surface area contributed by atoms with Gasteiger partial charge in [0.25, 0.3) is 11.7 Å². The van der Waals surface area contributed by atoms with E-state index in [0.717, 1.165) is 11.1 Å². The van der Waals surface area contributed by atoms with Crippen LogP contribution in [0.15, 0.2) is 12.1 Å². The maximum absolute atomic E-state index is 11.5. The first-order chi connectivity index (χ1) is 6.97. The van der Waals surface area contributed by atoms with Gasteiger partial charge in [0.2, 0.25) is 0 Å². The number of ketones is 1. The smallest absolute Gasteiger partial charge is 0.289 e. The summed E-state index contributed by atoms with van der Waals surface area (Å²) in [4.78, 5) is 22.3. The maximum atomic E-state index is 11.5. The minimum Gasteiger partial charge on any atom is -0.496 e. The molecule has 1 aromatic carbocycles. The molecule has 15 heavy (non-hydrogen) atoms. The predicted octanol–water partition coefficient (Wildman–Crippen LogP) is 0.980. The van der Waals surface area contributed by atoms with Gasteiger partial charge in [-0.3, -0.25) is 9.59 Å². The summed E-state index contributed by atoms with van der Waals surface area (Å²) < 4.78 is 5.07. The average Bonchev–Trinajstić information content (AvgIpc) is 2.15. The highest BCUT2D eigenvalue weighted by atomic mass is 16.5. The molecule has 0 spiro atoms. The number of carbonyl (C=O) groups excluding carboxylic acids is 2. The summed E-state index contributed by atoms with van der Waals surface area (Å²) in [6.45, 7) is 3.65. The summed E-state index contributed by atoms with van der Waals surface area (Å²) in [5.41, 5.74) is 6.87. The van der Waals surface area contributed by atoms with Crippen LogP contribution in [0, 0.1) is 13.8 Å². The van der Waals surface area contributed by atoms with Crippen molar-refractivity contribution in [3.05, 3.63) is 28.8 Å². The number of hydrogen-bond acceptors (Lipinski definition) is 3. The number of hydrogen-bond donors (Lipinski definition) is 1. The number of rotatable bonds is 3. The fourth-order valence-corrected chi connectivity index (χ4v) is 1.53. The lowest BCUT2D eigenvalue weighted by molar-refractivity contribution is -0.114. The molecule has 0 unspecified atom stereocenters. The lowest BCUT2D eigenvalue weighted by atomic mass is 10.0. The fourth-order valence-electron chi connectivity index (χ4n) is 1.53. The van der Waals surface area contributed by atoms with Gasteiger partial charge in [0, 0.05) is 0 Å². The predicted molar refractivity (Wildman–Crippen MR) is 56.0 cm³/mol. The largest absolute Gasteiger partial charge is 0.496 e. The van der Waals surface area contributed by atoms with E-state index in [1.54, 1.807) is 6.07 Å². The second-order valence-corrected chi connectivity index (χ2v) is 3.36. The van der Waals surface area contributed by atoms with E-state index in [1.807, 2.05) is 19.9 Å². The number of methoxy groups -OCH3 is 1. The summed E-state index contributed by atoms with van der Waals surface area (Å²) in [7, 11) is 1.45. The van der Waals surface area contributed by atoms with Gasteiger partial charge in [-0.15, -0.1) is 0 Å². The molecule has 0 aliphatic carbocycles. The molecular formula is C11H13NO3. The van der Waals surface area contributed by atoms with E-state index in [0.29, 0.717) is 5.75 Å². The number of nitrogens with two attached hydrogens (primary N) is 1. The van der Waals surface area contributed by atoms with Crippen molar-refractivity contribution >= 4 is 11.7 Å². The van der Waals surface area contributed by atoms with Crippen LogP contribution < -0.4 is 10.5 Å². The monoisotopic (exact) mass is 207 g/mol. The molecule has 1 aromatic rings. The van der Waals surface area contributed by atoms with Crippen LogP contribution in [-0.2, 0) is 4.79 Å². The van der Waals surface area contributed by atoms with Crippen molar-refractivity contribution in [3.8, 4) is 5.75 Å². The Morgan fingerprint density at radius 1 is 1.27 bits per heavy atom. The molecule has 0 aliphatic rings. The first-order valence-electron chi connectivity index (χ1n) is 4.46. The van der Waals surface area contributed by atoms with Gasteiger partial charge >= 0.3 is 0 Å². The topological polar surface area (TPSA) is 69.4 Å². The Bertz CT molecular complexity index is 424. The van der Waals surface area contributed by atoms with Gasteiger partial charge in [-0.25, -0.2) is 0 Å². The lowest BCUT2D eigenvalue weighted by Gasteiger charge is -2.10. The van der Waals surface area contributed by atoms with Crippen LogP contribution in [0.2, 0.25) is 0 Å². The third-order valence-corrected chi connectivity index (χ3v) is 2.09. The average molecular weight is 207 g/mol. The van der Waals surface area contributed by atoms with Gasteiger partial charge in [-0.05, 0) is 31.0 Å². The maximum Gasteiger partial charge on any atom is 0.289 e. The van der Waals surface area contributed by atoms with Crippen molar-refractivity contribution in [2.75, 3.05) is 7.11 Å². The number of Topliss-reactive ketones (excluding diaryl/α,β-unsaturated/α-hetero) is 1. The highest BCUT2D eigenvalue weighted by Gasteiger charge is 2.19. The number of carbonyl (C=O) groups is 2. The molecule has 80 valence electrons. The molecule has 4 heteroatoms. The van der Waals surface area contributed by atoms with Crippen LogP contribution >= 0.6 is 0 Å². The van der Waals surface area contributed by atoms with Gasteiger partial charge in [0.1, 0.15) is 5.75 Å². The van der Waals surface area contributed by atoms with E-state index in [-0.39, 0.29) is 5.56 Å². The van der Waals surface area contributed by atoms with Gasteiger partial charge < -0.3 is 10.5 Å². The van der Waals surface area contributed by atoms with Crippen LogP contribution in [0.4, 0.5) is 0 Å². The molecule has 0 aliphatic heterocycles. The summed E-state index contributed by atoms with van der Waals surface area (Å²) in [5, 5.41) is 0. The van der Waals surface area contributed by atoms with Crippen LogP contribution in [0.5, 0.6) is 5.75 Å². The van der Waals surface area contributed by atoms with E-state index >= 15 is 0 Å². The molecule has 0 radical (unpaired) electrons. The molecule has 1 rings (SSSR count). The Labute approximate surface area is 88.0 Å². The van der Waals surface area contributed by atoms with Crippen LogP contribution in [0.1, 0.15) is 21.5 Å². The zero-order chi connectivity index (χ0) is 11.6. The van der Waals surface area contributed by atoms with Crippen LogP contribution in [0.25, 0.3) is 0 Å². The van der Waals surface area contributed by atoms with Crippen molar-refractivity contribution in [1.29, 1.82) is 0 Å². The summed E-state index contributed by atoms with van der Waals surface area (Å²) in [6.07, 6.45) is 0. The molecule has 4 nitrogen and oxygen atoms in total. The van der Waals surface area contributed by atoms with Gasteiger partial charge in [-0.2, -0.15) is 0 Å². The number of primary amides is 1. The molecule has 2 N–H and O–H groups in total. The Morgan fingerprint density at radius 2 is 1.87 bits per heavy atom. The molecule has 0 aromatic heterocycles. The summed E-state index contributed by atoms with van der Waals surface area (Å²) in [6, 6.07) is 3.47. The Kier molecular flexibility index (Phi) is 3.09. The molecule has 0 bridgehead atoms. The quantitative estimate of drug-likeness (QED) is 0.593. The highest BCUT2D eigenvalue weighted by Crippen LogP contribution is 2.25. The van der Waals surface area contributed by atoms with Crippen LogP contribution in [-0.4, -0.2) is 18.8 Å². The fraction of sp³-hybridized carbons (Fsp3) is 0.273.